The van der Waals surface area contributed by atoms with E-state index in [4.69, 9.17) is 0 Å². The van der Waals surface area contributed by atoms with E-state index in [1.807, 2.05) is 24.3 Å². The molecule has 0 fully saturated rings. The Balaban J connectivity index is 2.04. The van der Waals surface area contributed by atoms with Crippen LogP contribution >= 0.6 is 27.7 Å². The van der Waals surface area contributed by atoms with E-state index in [0.717, 1.165) is 41.2 Å². The minimum Gasteiger partial charge on any atom is -0.355 e. The third-order valence-electron chi connectivity index (χ3n) is 2.94. The van der Waals surface area contributed by atoms with Gasteiger partial charge in [0.25, 0.3) is 0 Å². The number of carbonyl (C=O) groups excluding carboxylic acids is 3. The van der Waals surface area contributed by atoms with Crippen molar-refractivity contribution in [2.24, 2.45) is 0 Å². The first kappa shape index (κ1) is 19.7. The van der Waals surface area contributed by atoms with Crippen LogP contribution in [0.4, 0.5) is 5.69 Å². The van der Waals surface area contributed by atoms with Crippen molar-refractivity contribution in [1.82, 2.24) is 5.32 Å². The van der Waals surface area contributed by atoms with Crippen LogP contribution in [0.25, 0.3) is 0 Å². The van der Waals surface area contributed by atoms with Gasteiger partial charge in [-0.1, -0.05) is 34.1 Å². The fourth-order valence-corrected chi connectivity index (χ4v) is 2.49. The number of benzene rings is 1. The minimum atomic E-state index is -0.127. The normalized spacial score (nSPS) is 10.2. The quantitative estimate of drug-likeness (QED) is 0.623. The molecule has 0 aromatic heterocycles. The van der Waals surface area contributed by atoms with Crippen LogP contribution in [0.3, 0.4) is 0 Å². The summed E-state index contributed by atoms with van der Waals surface area (Å²) in [6.45, 7) is 2.02. The molecule has 0 aliphatic carbocycles. The van der Waals surface area contributed by atoms with Gasteiger partial charge in [0.1, 0.15) is 0 Å². The summed E-state index contributed by atoms with van der Waals surface area (Å²) >= 11 is 4.35. The second-order valence-electron chi connectivity index (χ2n) is 5.00. The second kappa shape index (κ2) is 11.2. The van der Waals surface area contributed by atoms with Crippen molar-refractivity contribution in [2.45, 2.75) is 32.6 Å². The van der Waals surface area contributed by atoms with E-state index in [1.54, 1.807) is 0 Å². The molecule has 0 radical (unpaired) electrons. The zero-order chi connectivity index (χ0) is 17.1. The molecule has 0 spiro atoms. The number of thioether (sulfide) groups is 1. The molecular weight excluding hydrogens is 380 g/mol. The molecule has 0 heterocycles. The van der Waals surface area contributed by atoms with E-state index in [-0.39, 0.29) is 22.7 Å². The molecule has 126 valence electrons. The van der Waals surface area contributed by atoms with Crippen molar-refractivity contribution < 1.29 is 14.4 Å². The SMILES string of the molecule is CC(=O)SCC(=O)NCCCCCC(=O)Nc1ccc(Br)cc1. The highest BCUT2D eigenvalue weighted by atomic mass is 79.9. The number of hydrogen-bond donors (Lipinski definition) is 2. The van der Waals surface area contributed by atoms with Crippen LogP contribution in [0, 0.1) is 0 Å². The first-order valence-electron chi connectivity index (χ1n) is 7.43. The maximum atomic E-state index is 11.8. The number of unbranched alkanes of at least 4 members (excludes halogenated alkanes) is 2. The number of hydrogen-bond acceptors (Lipinski definition) is 4. The molecule has 2 N–H and O–H groups in total. The summed E-state index contributed by atoms with van der Waals surface area (Å²) in [4.78, 5) is 33.8. The van der Waals surface area contributed by atoms with Crippen LogP contribution < -0.4 is 10.6 Å². The smallest absolute Gasteiger partial charge is 0.230 e. The highest BCUT2D eigenvalue weighted by Crippen LogP contribution is 2.14. The Kier molecular flexibility index (Phi) is 9.63. The molecule has 5 nitrogen and oxygen atoms in total. The third-order valence-corrected chi connectivity index (χ3v) is 4.28. The van der Waals surface area contributed by atoms with E-state index in [9.17, 15) is 14.4 Å². The van der Waals surface area contributed by atoms with Crippen LogP contribution in [0.2, 0.25) is 0 Å². The second-order valence-corrected chi connectivity index (χ2v) is 7.06. The third kappa shape index (κ3) is 10.1. The summed E-state index contributed by atoms with van der Waals surface area (Å²) in [6, 6.07) is 7.44. The average Bonchev–Trinajstić information content (AvgIpc) is 2.51. The summed E-state index contributed by atoms with van der Waals surface area (Å²) in [5.41, 5.74) is 0.786. The molecule has 7 heteroatoms. The fourth-order valence-electron chi connectivity index (χ4n) is 1.79. The molecule has 0 unspecified atom stereocenters. The van der Waals surface area contributed by atoms with Crippen LogP contribution in [0.1, 0.15) is 32.6 Å². The highest BCUT2D eigenvalue weighted by molar-refractivity contribution is 9.10. The van der Waals surface area contributed by atoms with E-state index >= 15 is 0 Å². The van der Waals surface area contributed by atoms with Crippen molar-refractivity contribution in [2.75, 3.05) is 17.6 Å². The van der Waals surface area contributed by atoms with Gasteiger partial charge >= 0.3 is 0 Å². The Labute approximate surface area is 149 Å². The zero-order valence-corrected chi connectivity index (χ0v) is 15.5. The van der Waals surface area contributed by atoms with Gasteiger partial charge in [-0.25, -0.2) is 0 Å². The number of halogens is 1. The molecule has 0 aliphatic rings. The Morgan fingerprint density at radius 2 is 1.74 bits per heavy atom. The van der Waals surface area contributed by atoms with Gasteiger partial charge in [-0.15, -0.1) is 0 Å². The van der Waals surface area contributed by atoms with Crippen LogP contribution in [-0.2, 0) is 14.4 Å². The van der Waals surface area contributed by atoms with Gasteiger partial charge < -0.3 is 10.6 Å². The first-order chi connectivity index (χ1) is 11.0. The van der Waals surface area contributed by atoms with Crippen molar-refractivity contribution in [3.8, 4) is 0 Å². The highest BCUT2D eigenvalue weighted by Gasteiger charge is 2.04. The molecule has 23 heavy (non-hydrogen) atoms. The van der Waals surface area contributed by atoms with Gasteiger partial charge in [-0.2, -0.15) is 0 Å². The molecule has 1 rings (SSSR count). The Morgan fingerprint density at radius 1 is 1.04 bits per heavy atom. The van der Waals surface area contributed by atoms with Gasteiger partial charge in [0.2, 0.25) is 11.8 Å². The van der Waals surface area contributed by atoms with Crippen molar-refractivity contribution in [3.63, 3.8) is 0 Å². The number of rotatable bonds is 9. The lowest BCUT2D eigenvalue weighted by Gasteiger charge is -2.06. The molecule has 0 bridgehead atoms. The van der Waals surface area contributed by atoms with Crippen LogP contribution in [0.5, 0.6) is 0 Å². The van der Waals surface area contributed by atoms with Gasteiger partial charge in [-0.3, -0.25) is 14.4 Å². The van der Waals surface area contributed by atoms with Gasteiger partial charge in [-0.05, 0) is 37.1 Å². The van der Waals surface area contributed by atoms with Gasteiger partial charge in [0.05, 0.1) is 5.75 Å². The zero-order valence-electron chi connectivity index (χ0n) is 13.1. The maximum absolute atomic E-state index is 11.8. The Hall–Kier alpha value is -1.34. The topological polar surface area (TPSA) is 75.3 Å². The van der Waals surface area contributed by atoms with Crippen molar-refractivity contribution >= 4 is 50.3 Å². The lowest BCUT2D eigenvalue weighted by Crippen LogP contribution is -2.26. The number of amides is 2. The summed E-state index contributed by atoms with van der Waals surface area (Å²) in [6.07, 6.45) is 2.93. The largest absolute Gasteiger partial charge is 0.355 e. The molecule has 0 aliphatic heterocycles. The van der Waals surface area contributed by atoms with E-state index in [0.29, 0.717) is 13.0 Å². The van der Waals surface area contributed by atoms with Gasteiger partial charge in [0.15, 0.2) is 5.12 Å². The number of nitrogens with one attached hydrogen (secondary N) is 2. The molecular formula is C16H21BrN2O3S. The van der Waals surface area contributed by atoms with Crippen LogP contribution in [-0.4, -0.2) is 29.2 Å². The van der Waals surface area contributed by atoms with Gasteiger partial charge in [0, 0.05) is 30.0 Å². The molecule has 1 aromatic rings. The average molecular weight is 401 g/mol. The predicted octanol–water partition coefficient (Wildman–Crippen LogP) is 3.34. The molecule has 0 saturated carbocycles. The summed E-state index contributed by atoms with van der Waals surface area (Å²) < 4.78 is 0.972. The van der Waals surface area contributed by atoms with E-state index < -0.39 is 0 Å². The van der Waals surface area contributed by atoms with Crippen molar-refractivity contribution in [1.29, 1.82) is 0 Å². The molecule has 1 aromatic carbocycles. The predicted molar refractivity (Wildman–Crippen MR) is 97.4 cm³/mol. The maximum Gasteiger partial charge on any atom is 0.230 e. The lowest BCUT2D eigenvalue weighted by molar-refractivity contribution is -0.119. The summed E-state index contributed by atoms with van der Waals surface area (Å²) in [5.74, 6) is 0.0395. The molecule has 0 atom stereocenters. The van der Waals surface area contributed by atoms with Crippen molar-refractivity contribution in [3.05, 3.63) is 28.7 Å². The molecule has 0 saturated heterocycles. The van der Waals surface area contributed by atoms with Crippen LogP contribution in [0.15, 0.2) is 28.7 Å². The lowest BCUT2D eigenvalue weighted by atomic mass is 10.2. The van der Waals surface area contributed by atoms with E-state index in [2.05, 4.69) is 26.6 Å². The fraction of sp³-hybridized carbons (Fsp3) is 0.438. The Morgan fingerprint density at radius 3 is 2.39 bits per heavy atom. The summed E-state index contributed by atoms with van der Waals surface area (Å²) in [7, 11) is 0. The Bertz CT molecular complexity index is 535. The standard InChI is InChI=1S/C16H21BrN2O3S/c1-12(20)23-11-16(22)18-10-4-2-3-5-15(21)19-14-8-6-13(17)7-9-14/h6-9H,2-5,10-11H2,1H3,(H,18,22)(H,19,21). The summed E-state index contributed by atoms with van der Waals surface area (Å²) in [5, 5.41) is 5.54. The minimum absolute atomic E-state index is 0.00536. The number of anilines is 1. The monoisotopic (exact) mass is 400 g/mol. The van der Waals surface area contributed by atoms with E-state index in [1.165, 1.54) is 6.92 Å². The first-order valence-corrected chi connectivity index (χ1v) is 9.20. The number of carbonyl (C=O) groups is 3. The molecule has 2 amide bonds.